The van der Waals surface area contributed by atoms with E-state index < -0.39 is 16.6 Å². The summed E-state index contributed by atoms with van der Waals surface area (Å²) in [6.45, 7) is 23.3. The zero-order valence-electron chi connectivity index (χ0n) is 19.8. The molecule has 0 radical (unpaired) electrons. The zero-order valence-corrected chi connectivity index (χ0v) is 21.8. The van der Waals surface area contributed by atoms with E-state index in [1.165, 1.54) is 19.3 Å². The number of allylic oxidation sites excluding steroid dienone is 3. The predicted molar refractivity (Wildman–Crippen MR) is 125 cm³/mol. The van der Waals surface area contributed by atoms with Gasteiger partial charge >= 0.3 is 0 Å². The van der Waals surface area contributed by atoms with Gasteiger partial charge < -0.3 is 9.22 Å². The molecule has 1 rings (SSSR count). The molecule has 0 unspecified atom stereocenters. The Morgan fingerprint density at radius 1 is 1.07 bits per heavy atom. The number of hydrogen-bond acceptors (Lipinski definition) is 2. The van der Waals surface area contributed by atoms with Crippen LogP contribution in [0.4, 0.5) is 0 Å². The van der Waals surface area contributed by atoms with Crippen LogP contribution in [0, 0.1) is 5.92 Å². The summed E-state index contributed by atoms with van der Waals surface area (Å²) < 4.78 is 6.37. The molecular formula is C23H46O2Si2. The van der Waals surface area contributed by atoms with Gasteiger partial charge in [0.15, 0.2) is 16.6 Å². The average Bonchev–Trinajstić information content (AvgIpc) is 2.50. The van der Waals surface area contributed by atoms with Gasteiger partial charge in [-0.2, -0.15) is 0 Å². The molecule has 0 aliphatic heterocycles. The van der Waals surface area contributed by atoms with Gasteiger partial charge in [0.2, 0.25) is 0 Å². The van der Waals surface area contributed by atoms with Crippen molar-refractivity contribution in [2.24, 2.45) is 5.92 Å². The molecule has 0 heterocycles. The third-order valence-electron chi connectivity index (χ3n) is 7.38. The fourth-order valence-electron chi connectivity index (χ4n) is 3.43. The quantitative estimate of drug-likeness (QED) is 0.268. The molecule has 1 fully saturated rings. The van der Waals surface area contributed by atoms with Crippen LogP contribution in [0.5, 0.6) is 0 Å². The van der Waals surface area contributed by atoms with E-state index in [2.05, 4.69) is 79.9 Å². The van der Waals surface area contributed by atoms with E-state index >= 15 is 0 Å². The third kappa shape index (κ3) is 6.99. The van der Waals surface area contributed by atoms with Gasteiger partial charge in [0.25, 0.3) is 0 Å². The van der Waals surface area contributed by atoms with Crippen molar-refractivity contribution in [3.05, 3.63) is 23.3 Å². The Hall–Kier alpha value is -0.166. The van der Waals surface area contributed by atoms with Crippen LogP contribution < -0.4 is 0 Å². The fraction of sp³-hybridized carbons (Fsp3) is 0.826. The lowest BCUT2D eigenvalue weighted by molar-refractivity contribution is 0.293. The lowest BCUT2D eigenvalue weighted by Crippen LogP contribution is -2.41. The van der Waals surface area contributed by atoms with Crippen molar-refractivity contribution in [2.75, 3.05) is 6.61 Å². The van der Waals surface area contributed by atoms with E-state index in [0.717, 1.165) is 19.4 Å². The van der Waals surface area contributed by atoms with Crippen LogP contribution in [0.2, 0.25) is 36.3 Å². The molecule has 1 saturated carbocycles. The molecule has 0 aromatic rings. The molecule has 0 aromatic carbocycles. The predicted octanol–water partition coefficient (Wildman–Crippen LogP) is 7.44. The first-order chi connectivity index (χ1) is 12.1. The van der Waals surface area contributed by atoms with Gasteiger partial charge in [-0.1, -0.05) is 57.9 Å². The van der Waals surface area contributed by atoms with Gasteiger partial charge in [-0.3, -0.25) is 0 Å². The highest BCUT2D eigenvalue weighted by molar-refractivity contribution is 6.74. The average molecular weight is 411 g/mol. The largest absolute Gasteiger partial charge is 0.432 e. The molecule has 0 saturated heterocycles. The molecule has 0 spiro atoms. The lowest BCUT2D eigenvalue weighted by Gasteiger charge is -2.40. The summed E-state index contributed by atoms with van der Waals surface area (Å²) in [6.07, 6.45) is 10.4. The molecule has 1 N–H and O–H groups in total. The van der Waals surface area contributed by atoms with Crippen LogP contribution in [0.15, 0.2) is 23.3 Å². The molecule has 0 amide bonds. The van der Waals surface area contributed by atoms with Gasteiger partial charge in [-0.25, -0.2) is 0 Å². The van der Waals surface area contributed by atoms with Crippen LogP contribution >= 0.6 is 0 Å². The minimum absolute atomic E-state index is 0.0323. The number of hydrogen-bond donors (Lipinski definition) is 1. The summed E-state index contributed by atoms with van der Waals surface area (Å²) >= 11 is 0. The molecule has 4 heteroatoms. The molecule has 2 nitrogen and oxygen atoms in total. The monoisotopic (exact) mass is 410 g/mol. The van der Waals surface area contributed by atoms with Crippen LogP contribution in [-0.4, -0.2) is 28.0 Å². The van der Waals surface area contributed by atoms with E-state index in [1.807, 2.05) is 0 Å². The highest BCUT2D eigenvalue weighted by Gasteiger charge is 2.41. The topological polar surface area (TPSA) is 29.5 Å². The molecular weight excluding hydrogens is 364 g/mol. The Morgan fingerprint density at radius 2 is 1.67 bits per heavy atom. The van der Waals surface area contributed by atoms with E-state index in [1.54, 1.807) is 11.1 Å². The second-order valence-electron chi connectivity index (χ2n) is 11.2. The maximum atomic E-state index is 10.8. The number of rotatable bonds is 7. The van der Waals surface area contributed by atoms with E-state index in [4.69, 9.17) is 4.43 Å². The zero-order chi connectivity index (χ0) is 21.1. The molecule has 27 heavy (non-hydrogen) atoms. The van der Waals surface area contributed by atoms with Crippen LogP contribution in [0.25, 0.3) is 0 Å². The fourth-order valence-corrected chi connectivity index (χ4v) is 5.24. The van der Waals surface area contributed by atoms with Gasteiger partial charge in [-0.15, -0.1) is 0 Å². The van der Waals surface area contributed by atoms with Crippen molar-refractivity contribution >= 4 is 16.6 Å². The van der Waals surface area contributed by atoms with Crippen molar-refractivity contribution < 1.29 is 9.22 Å². The molecule has 0 aromatic heterocycles. The molecule has 1 aliphatic carbocycles. The van der Waals surface area contributed by atoms with Crippen LogP contribution in [-0.2, 0) is 4.43 Å². The van der Waals surface area contributed by atoms with Gasteiger partial charge in [0.1, 0.15) is 0 Å². The molecule has 158 valence electrons. The Bertz CT molecular complexity index is 546. The SMILES string of the molecule is C/C=C1/CC/C(=C\CCO[Si](C)(C)C(C)(C)C)[C@H](CC(C)(C)[Si](C)(C)O)C1. The molecule has 1 aliphatic rings. The Morgan fingerprint density at radius 3 is 2.15 bits per heavy atom. The van der Waals surface area contributed by atoms with E-state index in [0.29, 0.717) is 5.92 Å². The summed E-state index contributed by atoms with van der Waals surface area (Å²) in [5.74, 6) is 0.576. The summed E-state index contributed by atoms with van der Waals surface area (Å²) in [4.78, 5) is 10.8. The second kappa shape index (κ2) is 9.10. The van der Waals surface area contributed by atoms with Gasteiger partial charge in [-0.05, 0) is 81.2 Å². The van der Waals surface area contributed by atoms with Crippen molar-refractivity contribution in [3.8, 4) is 0 Å². The normalized spacial score (nSPS) is 23.3. The van der Waals surface area contributed by atoms with Crippen molar-refractivity contribution in [1.82, 2.24) is 0 Å². The maximum Gasteiger partial charge on any atom is 0.191 e. The Labute approximate surface area is 171 Å². The minimum Gasteiger partial charge on any atom is -0.432 e. The van der Waals surface area contributed by atoms with Crippen molar-refractivity contribution in [3.63, 3.8) is 0 Å². The highest BCUT2D eigenvalue weighted by atomic mass is 28.4. The minimum atomic E-state index is -2.18. The molecule has 1 atom stereocenters. The maximum absolute atomic E-state index is 10.8. The summed E-state index contributed by atoms with van der Waals surface area (Å²) in [6, 6.07) is 0. The van der Waals surface area contributed by atoms with Crippen LogP contribution in [0.1, 0.15) is 73.6 Å². The van der Waals surface area contributed by atoms with E-state index in [9.17, 15) is 4.80 Å². The van der Waals surface area contributed by atoms with E-state index in [-0.39, 0.29) is 10.1 Å². The summed E-state index contributed by atoms with van der Waals surface area (Å²) in [5, 5.41) is 0.306. The van der Waals surface area contributed by atoms with Crippen molar-refractivity contribution in [1.29, 1.82) is 0 Å². The Balaban J connectivity index is 2.82. The third-order valence-corrected chi connectivity index (χ3v) is 15.4. The standard InChI is InChI=1S/C23H46O2Si2/c1-11-19-14-15-20(13-12-16-25-27(9,10)22(2,3)4)21(17-19)18-23(5,6)26(7,8)24/h11,13,21,24H,12,14-18H2,1-10H3/b19-11-,20-13+/t21-/m0/s1. The highest BCUT2D eigenvalue weighted by Crippen LogP contribution is 2.47. The summed E-state index contributed by atoms with van der Waals surface area (Å²) in [5.41, 5.74) is 3.19. The lowest BCUT2D eigenvalue weighted by atomic mass is 9.76. The Kier molecular flexibility index (Phi) is 8.39. The second-order valence-corrected chi connectivity index (χ2v) is 20.5. The summed E-state index contributed by atoms with van der Waals surface area (Å²) in [7, 11) is -3.83. The van der Waals surface area contributed by atoms with Gasteiger partial charge in [0, 0.05) is 6.61 Å². The van der Waals surface area contributed by atoms with Crippen LogP contribution in [0.3, 0.4) is 0 Å². The van der Waals surface area contributed by atoms with Gasteiger partial charge in [0.05, 0.1) is 0 Å². The first-order valence-electron chi connectivity index (χ1n) is 10.8. The smallest absolute Gasteiger partial charge is 0.191 e. The molecule has 0 bridgehead atoms. The first-order valence-corrected chi connectivity index (χ1v) is 16.7. The van der Waals surface area contributed by atoms with Crippen molar-refractivity contribution in [2.45, 2.75) is 110 Å². The first kappa shape index (κ1) is 24.9.